The van der Waals surface area contributed by atoms with Crippen molar-refractivity contribution in [2.75, 3.05) is 23.4 Å². The summed E-state index contributed by atoms with van der Waals surface area (Å²) in [7, 11) is 0. The number of anilines is 2. The van der Waals surface area contributed by atoms with Crippen LogP contribution in [0, 0.1) is 19.3 Å². The minimum atomic E-state index is -0.0205. The fraction of sp³-hybridized carbons (Fsp3) is 0.500. The molecule has 1 aliphatic heterocycles. The second-order valence-corrected chi connectivity index (χ2v) is 9.63. The van der Waals surface area contributed by atoms with E-state index in [0.717, 1.165) is 48.5 Å². The molecular weight excluding hydrogens is 372 g/mol. The lowest BCUT2D eigenvalue weighted by molar-refractivity contribution is -0.117. The maximum atomic E-state index is 12.4. The van der Waals surface area contributed by atoms with Crippen molar-refractivity contribution in [3.8, 4) is 5.75 Å². The van der Waals surface area contributed by atoms with Crippen LogP contribution in [-0.2, 0) is 17.8 Å². The summed E-state index contributed by atoms with van der Waals surface area (Å²) in [5.74, 6) is 1.04. The molecule has 0 saturated heterocycles. The van der Waals surface area contributed by atoms with E-state index in [4.69, 9.17) is 4.74 Å². The van der Waals surface area contributed by atoms with Gasteiger partial charge in [0, 0.05) is 30.9 Å². The summed E-state index contributed by atoms with van der Waals surface area (Å²) in [6.45, 7) is 15.1. The van der Waals surface area contributed by atoms with Crippen LogP contribution in [0.25, 0.3) is 0 Å². The first kappa shape index (κ1) is 22.2. The molecule has 0 saturated carbocycles. The molecule has 162 valence electrons. The maximum Gasteiger partial charge on any atom is 0.224 e. The predicted octanol–water partition coefficient (Wildman–Crippen LogP) is 6.03. The molecule has 1 aliphatic rings. The average molecular weight is 409 g/mol. The molecule has 30 heavy (non-hydrogen) atoms. The molecule has 0 fully saturated rings. The summed E-state index contributed by atoms with van der Waals surface area (Å²) >= 11 is 0. The first-order valence-corrected chi connectivity index (χ1v) is 11.1. The van der Waals surface area contributed by atoms with Gasteiger partial charge in [-0.2, -0.15) is 0 Å². The lowest BCUT2D eigenvalue weighted by atomic mass is 9.92. The van der Waals surface area contributed by atoms with Crippen molar-refractivity contribution in [2.24, 2.45) is 5.41 Å². The Balaban J connectivity index is 1.80. The van der Waals surface area contributed by atoms with E-state index in [9.17, 15) is 4.79 Å². The van der Waals surface area contributed by atoms with E-state index in [2.05, 4.69) is 75.2 Å². The van der Waals surface area contributed by atoms with Gasteiger partial charge in [0.05, 0.1) is 6.61 Å². The molecule has 1 N–H and O–H groups in total. The highest BCUT2D eigenvalue weighted by Gasteiger charge is 2.20. The zero-order valence-electron chi connectivity index (χ0n) is 19.4. The molecule has 0 atom stereocenters. The molecule has 0 bridgehead atoms. The van der Waals surface area contributed by atoms with Crippen molar-refractivity contribution >= 4 is 17.3 Å². The minimum absolute atomic E-state index is 0.0205. The number of hydrogen-bond acceptors (Lipinski definition) is 3. The highest BCUT2D eigenvalue weighted by Crippen LogP contribution is 2.32. The Labute approximate surface area is 181 Å². The molecular formula is C26H36N2O2. The van der Waals surface area contributed by atoms with Gasteiger partial charge in [0.25, 0.3) is 0 Å². The van der Waals surface area contributed by atoms with Crippen molar-refractivity contribution in [1.29, 1.82) is 0 Å². The molecule has 4 nitrogen and oxygen atoms in total. The van der Waals surface area contributed by atoms with Gasteiger partial charge in [0.2, 0.25) is 5.91 Å². The molecule has 1 heterocycles. The normalized spacial score (nSPS) is 14.1. The van der Waals surface area contributed by atoms with Gasteiger partial charge in [0.1, 0.15) is 5.75 Å². The van der Waals surface area contributed by atoms with Crippen LogP contribution in [0.4, 0.5) is 11.4 Å². The van der Waals surface area contributed by atoms with Crippen molar-refractivity contribution in [1.82, 2.24) is 0 Å². The van der Waals surface area contributed by atoms with Crippen LogP contribution in [-0.4, -0.2) is 19.1 Å². The number of amides is 1. The summed E-state index contributed by atoms with van der Waals surface area (Å²) in [6.07, 6.45) is 2.71. The summed E-state index contributed by atoms with van der Waals surface area (Å²) in [6, 6.07) is 10.9. The highest BCUT2D eigenvalue weighted by molar-refractivity contribution is 5.93. The third-order valence-corrected chi connectivity index (χ3v) is 5.56. The van der Waals surface area contributed by atoms with E-state index >= 15 is 0 Å². The van der Waals surface area contributed by atoms with Crippen LogP contribution < -0.4 is 15.0 Å². The predicted molar refractivity (Wildman–Crippen MR) is 126 cm³/mol. The Morgan fingerprint density at radius 1 is 1.10 bits per heavy atom. The Kier molecular flexibility index (Phi) is 6.74. The number of nitrogens with one attached hydrogen (secondary N) is 1. The van der Waals surface area contributed by atoms with Gasteiger partial charge in [-0.05, 0) is 85.5 Å². The molecule has 0 spiro atoms. The summed E-state index contributed by atoms with van der Waals surface area (Å²) in [5.41, 5.74) is 7.14. The van der Waals surface area contributed by atoms with Crippen molar-refractivity contribution in [2.45, 2.75) is 67.3 Å². The Morgan fingerprint density at radius 3 is 2.43 bits per heavy atom. The molecule has 0 aromatic heterocycles. The standard InChI is InChI=1S/C26H36N2O2/c1-7-30-23-11-10-21-17-28(12-8-9-20(21)15-23)22-13-18(2)25(19(3)14-22)27-24(29)16-26(4,5)6/h10-11,13-15H,7-9,12,16-17H2,1-6H3,(H,27,29). The third kappa shape index (κ3) is 5.56. The van der Waals surface area contributed by atoms with E-state index in [1.807, 2.05) is 6.92 Å². The SMILES string of the molecule is CCOc1ccc2c(c1)CCCN(c1cc(C)c(NC(=O)CC(C)(C)C)c(C)c1)C2. The van der Waals surface area contributed by atoms with Gasteiger partial charge < -0.3 is 15.0 Å². The number of carbonyl (C=O) groups excluding carboxylic acids is 1. The van der Waals surface area contributed by atoms with Gasteiger partial charge >= 0.3 is 0 Å². The smallest absolute Gasteiger partial charge is 0.224 e. The first-order chi connectivity index (χ1) is 14.2. The van der Waals surface area contributed by atoms with Gasteiger partial charge in [-0.1, -0.05) is 26.8 Å². The van der Waals surface area contributed by atoms with Crippen LogP contribution in [0.3, 0.4) is 0 Å². The van der Waals surface area contributed by atoms with E-state index in [-0.39, 0.29) is 11.3 Å². The third-order valence-electron chi connectivity index (χ3n) is 5.56. The lowest BCUT2D eigenvalue weighted by Crippen LogP contribution is -2.23. The fourth-order valence-electron chi connectivity index (χ4n) is 4.20. The molecule has 1 amide bonds. The van der Waals surface area contributed by atoms with Crippen LogP contribution in [0.1, 0.15) is 62.8 Å². The first-order valence-electron chi connectivity index (χ1n) is 11.1. The zero-order valence-corrected chi connectivity index (χ0v) is 19.4. The maximum absolute atomic E-state index is 12.4. The molecule has 2 aromatic rings. The number of nitrogens with zero attached hydrogens (tertiary/aromatic N) is 1. The number of hydrogen-bond donors (Lipinski definition) is 1. The molecule has 0 unspecified atom stereocenters. The average Bonchev–Trinajstić information content (AvgIpc) is 2.85. The fourth-order valence-corrected chi connectivity index (χ4v) is 4.20. The molecule has 4 heteroatoms. The van der Waals surface area contributed by atoms with Crippen molar-refractivity contribution < 1.29 is 9.53 Å². The highest BCUT2D eigenvalue weighted by atomic mass is 16.5. The lowest BCUT2D eigenvalue weighted by Gasteiger charge is -2.26. The number of fused-ring (bicyclic) bond motifs is 1. The van der Waals surface area contributed by atoms with Gasteiger partial charge in [-0.25, -0.2) is 0 Å². The monoisotopic (exact) mass is 408 g/mol. The van der Waals surface area contributed by atoms with E-state index < -0.39 is 0 Å². The molecule has 2 aromatic carbocycles. The van der Waals surface area contributed by atoms with Crippen molar-refractivity contribution in [3.05, 3.63) is 52.6 Å². The quantitative estimate of drug-likeness (QED) is 0.657. The van der Waals surface area contributed by atoms with Crippen LogP contribution >= 0.6 is 0 Å². The summed E-state index contributed by atoms with van der Waals surface area (Å²) < 4.78 is 5.68. The summed E-state index contributed by atoms with van der Waals surface area (Å²) in [5, 5.41) is 3.14. The molecule has 0 radical (unpaired) electrons. The topological polar surface area (TPSA) is 41.6 Å². The van der Waals surface area contributed by atoms with Crippen molar-refractivity contribution in [3.63, 3.8) is 0 Å². The van der Waals surface area contributed by atoms with Crippen LogP contribution in [0.2, 0.25) is 0 Å². The number of aryl methyl sites for hydroxylation is 3. The van der Waals surface area contributed by atoms with Gasteiger partial charge in [-0.3, -0.25) is 4.79 Å². The molecule has 3 rings (SSSR count). The number of rotatable bonds is 5. The van der Waals surface area contributed by atoms with Crippen LogP contribution in [0.15, 0.2) is 30.3 Å². The number of benzene rings is 2. The summed E-state index contributed by atoms with van der Waals surface area (Å²) in [4.78, 5) is 14.9. The second kappa shape index (κ2) is 9.11. The van der Waals surface area contributed by atoms with Gasteiger partial charge in [0.15, 0.2) is 0 Å². The number of ether oxygens (including phenoxy) is 1. The van der Waals surface area contributed by atoms with E-state index in [1.54, 1.807) is 0 Å². The van der Waals surface area contributed by atoms with E-state index in [0.29, 0.717) is 13.0 Å². The second-order valence-electron chi connectivity index (χ2n) is 9.63. The Bertz CT molecular complexity index is 889. The largest absolute Gasteiger partial charge is 0.494 e. The number of carbonyl (C=O) groups is 1. The van der Waals surface area contributed by atoms with E-state index in [1.165, 1.54) is 16.8 Å². The molecule has 0 aliphatic carbocycles. The Morgan fingerprint density at radius 2 is 1.80 bits per heavy atom. The Hall–Kier alpha value is -2.49. The zero-order chi connectivity index (χ0) is 21.9. The van der Waals surface area contributed by atoms with Crippen LogP contribution in [0.5, 0.6) is 5.75 Å². The minimum Gasteiger partial charge on any atom is -0.494 e. The van der Waals surface area contributed by atoms with Gasteiger partial charge in [-0.15, -0.1) is 0 Å².